The third-order valence-corrected chi connectivity index (χ3v) is 5.34. The van der Waals surface area contributed by atoms with Gasteiger partial charge in [-0.1, -0.05) is 12.1 Å². The Kier molecular flexibility index (Phi) is 4.09. The van der Waals surface area contributed by atoms with Crippen molar-refractivity contribution in [2.24, 2.45) is 5.41 Å². The Morgan fingerprint density at radius 1 is 1.36 bits per heavy atom. The molecule has 2 aliphatic rings. The van der Waals surface area contributed by atoms with Gasteiger partial charge in [0.2, 0.25) is 0 Å². The number of ether oxygens (including phenoxy) is 1. The van der Waals surface area contributed by atoms with Crippen LogP contribution in [0.5, 0.6) is 5.75 Å². The van der Waals surface area contributed by atoms with E-state index in [1.807, 2.05) is 13.0 Å². The monoisotopic (exact) mass is 300 g/mol. The fourth-order valence-corrected chi connectivity index (χ4v) is 3.68. The van der Waals surface area contributed by atoms with Gasteiger partial charge in [0.1, 0.15) is 11.5 Å². The van der Waals surface area contributed by atoms with Crippen LogP contribution >= 0.6 is 0 Å². The maximum atomic E-state index is 12.1. The van der Waals surface area contributed by atoms with Gasteiger partial charge in [-0.15, -0.1) is 0 Å². The third kappa shape index (κ3) is 2.58. The summed E-state index contributed by atoms with van der Waals surface area (Å²) in [7, 11) is 1.69. The number of aliphatic hydroxyl groups is 1. The number of allylic oxidation sites excluding steroid dienone is 2. The van der Waals surface area contributed by atoms with Crippen molar-refractivity contribution >= 4 is 11.4 Å². The van der Waals surface area contributed by atoms with Gasteiger partial charge in [0, 0.05) is 6.42 Å². The summed E-state index contributed by atoms with van der Waals surface area (Å²) < 4.78 is 5.30. The van der Waals surface area contributed by atoms with Crippen LogP contribution in [0.15, 0.2) is 24.3 Å². The molecule has 22 heavy (non-hydrogen) atoms. The molecular weight excluding hydrogens is 276 g/mol. The van der Waals surface area contributed by atoms with Crippen molar-refractivity contribution in [1.29, 1.82) is 0 Å². The van der Waals surface area contributed by atoms with Crippen LogP contribution in [-0.4, -0.2) is 24.1 Å². The highest BCUT2D eigenvalue weighted by atomic mass is 16.5. The zero-order valence-electron chi connectivity index (χ0n) is 13.4. The summed E-state index contributed by atoms with van der Waals surface area (Å²) in [6.07, 6.45) is 6.66. The lowest BCUT2D eigenvalue weighted by Crippen LogP contribution is -2.32. The van der Waals surface area contributed by atoms with E-state index in [9.17, 15) is 9.90 Å². The number of hydrogen-bond donors (Lipinski definition) is 1. The zero-order valence-corrected chi connectivity index (χ0v) is 13.4. The lowest BCUT2D eigenvalue weighted by atomic mass is 9.79. The molecule has 2 aliphatic carbocycles. The van der Waals surface area contributed by atoms with Gasteiger partial charge in [-0.3, -0.25) is 4.79 Å². The summed E-state index contributed by atoms with van der Waals surface area (Å²) in [6, 6.07) is 6.23. The van der Waals surface area contributed by atoms with Gasteiger partial charge in [-0.05, 0) is 67.9 Å². The molecule has 3 rings (SSSR count). The number of carbonyl (C=O) groups excluding carboxylic acids is 1. The van der Waals surface area contributed by atoms with Gasteiger partial charge in [-0.25, -0.2) is 0 Å². The van der Waals surface area contributed by atoms with E-state index in [0.29, 0.717) is 19.3 Å². The highest BCUT2D eigenvalue weighted by Gasteiger charge is 2.44. The van der Waals surface area contributed by atoms with Gasteiger partial charge in [0.25, 0.3) is 0 Å². The van der Waals surface area contributed by atoms with Crippen molar-refractivity contribution in [3.63, 3.8) is 0 Å². The first-order chi connectivity index (χ1) is 10.5. The average molecular weight is 300 g/mol. The first-order valence-electron chi connectivity index (χ1n) is 8.12. The van der Waals surface area contributed by atoms with Crippen LogP contribution < -0.4 is 4.74 Å². The van der Waals surface area contributed by atoms with Gasteiger partial charge in [0.05, 0.1) is 18.6 Å². The van der Waals surface area contributed by atoms with Crippen LogP contribution in [0.1, 0.15) is 50.2 Å². The molecule has 2 atom stereocenters. The average Bonchev–Trinajstić information content (AvgIpc) is 2.80. The van der Waals surface area contributed by atoms with E-state index in [4.69, 9.17) is 4.74 Å². The van der Waals surface area contributed by atoms with Crippen LogP contribution in [0.2, 0.25) is 0 Å². The molecule has 1 saturated carbocycles. The van der Waals surface area contributed by atoms with E-state index in [1.54, 1.807) is 7.11 Å². The Balaban J connectivity index is 1.86. The van der Waals surface area contributed by atoms with Crippen molar-refractivity contribution in [2.45, 2.75) is 51.6 Å². The first kappa shape index (κ1) is 15.3. The number of aryl methyl sites for hydroxylation is 1. The number of fused-ring (bicyclic) bond motifs is 1. The van der Waals surface area contributed by atoms with E-state index in [2.05, 4.69) is 18.2 Å². The second-order valence-corrected chi connectivity index (χ2v) is 6.71. The Hall–Kier alpha value is -1.61. The van der Waals surface area contributed by atoms with E-state index >= 15 is 0 Å². The minimum atomic E-state index is -0.600. The number of Topliss-reactive ketones (excluding diaryl/α,β-unsaturated/α-hetero) is 1. The smallest absolute Gasteiger partial charge is 0.141 e. The highest BCUT2D eigenvalue weighted by molar-refractivity contribution is 5.88. The van der Waals surface area contributed by atoms with Crippen molar-refractivity contribution in [3.05, 3.63) is 35.4 Å². The SMILES string of the molecule is COc1ccc2c(c1)CCCC2=CCC1(C)C(=O)CCC1O. The van der Waals surface area contributed by atoms with Crippen molar-refractivity contribution in [3.8, 4) is 5.75 Å². The second-order valence-electron chi connectivity index (χ2n) is 6.71. The Morgan fingerprint density at radius 3 is 2.86 bits per heavy atom. The van der Waals surface area contributed by atoms with Crippen LogP contribution in [0.25, 0.3) is 5.57 Å². The maximum Gasteiger partial charge on any atom is 0.141 e. The van der Waals surface area contributed by atoms with Gasteiger partial charge in [-0.2, -0.15) is 0 Å². The molecule has 0 bridgehead atoms. The molecule has 2 unspecified atom stereocenters. The molecule has 0 spiro atoms. The topological polar surface area (TPSA) is 46.5 Å². The van der Waals surface area contributed by atoms with Crippen LogP contribution in [0, 0.1) is 5.41 Å². The van der Waals surface area contributed by atoms with Gasteiger partial charge < -0.3 is 9.84 Å². The van der Waals surface area contributed by atoms with E-state index in [0.717, 1.165) is 25.0 Å². The number of hydrogen-bond acceptors (Lipinski definition) is 3. The standard InChI is InChI=1S/C19H24O3/c1-19(17(20)8-9-18(19)21)11-10-13-4-3-5-14-12-15(22-2)6-7-16(13)14/h6-7,10,12,17,20H,3-5,8-9,11H2,1-2H3. The summed E-state index contributed by atoms with van der Waals surface area (Å²) in [5.41, 5.74) is 3.30. The molecular formula is C19H24O3. The summed E-state index contributed by atoms with van der Waals surface area (Å²) in [5, 5.41) is 10.1. The Bertz CT molecular complexity index is 617. The molecule has 3 heteroatoms. The predicted molar refractivity (Wildman–Crippen MR) is 86.9 cm³/mol. The lowest BCUT2D eigenvalue weighted by Gasteiger charge is -2.26. The maximum absolute atomic E-state index is 12.1. The van der Waals surface area contributed by atoms with Gasteiger partial charge in [0.15, 0.2) is 0 Å². The van der Waals surface area contributed by atoms with Crippen molar-refractivity contribution in [2.75, 3.05) is 7.11 Å². The number of aliphatic hydroxyl groups excluding tert-OH is 1. The summed E-state index contributed by atoms with van der Waals surface area (Å²) in [5.74, 6) is 1.09. The number of ketones is 1. The fourth-order valence-electron chi connectivity index (χ4n) is 3.68. The molecule has 0 radical (unpaired) electrons. The van der Waals surface area contributed by atoms with E-state index in [-0.39, 0.29) is 5.78 Å². The third-order valence-electron chi connectivity index (χ3n) is 5.34. The fraction of sp³-hybridized carbons (Fsp3) is 0.526. The highest BCUT2D eigenvalue weighted by Crippen LogP contribution is 2.40. The zero-order chi connectivity index (χ0) is 15.7. The molecule has 118 valence electrons. The molecule has 0 saturated heterocycles. The molecule has 0 amide bonds. The molecule has 0 aromatic heterocycles. The predicted octanol–water partition coefficient (Wildman–Crippen LogP) is 3.54. The van der Waals surface area contributed by atoms with E-state index in [1.165, 1.54) is 16.7 Å². The summed E-state index contributed by atoms with van der Waals surface area (Å²) >= 11 is 0. The quantitative estimate of drug-likeness (QED) is 0.929. The van der Waals surface area contributed by atoms with Crippen molar-refractivity contribution < 1.29 is 14.6 Å². The molecule has 1 N–H and O–H groups in total. The summed E-state index contributed by atoms with van der Waals surface area (Å²) in [4.78, 5) is 12.1. The largest absolute Gasteiger partial charge is 0.497 e. The minimum absolute atomic E-state index is 0.197. The Morgan fingerprint density at radius 2 is 2.18 bits per heavy atom. The van der Waals surface area contributed by atoms with Crippen LogP contribution in [-0.2, 0) is 11.2 Å². The van der Waals surface area contributed by atoms with Gasteiger partial charge >= 0.3 is 0 Å². The second kappa shape index (κ2) is 5.88. The van der Waals surface area contributed by atoms with Crippen LogP contribution in [0.4, 0.5) is 0 Å². The summed E-state index contributed by atoms with van der Waals surface area (Å²) in [6.45, 7) is 1.90. The number of carbonyl (C=O) groups is 1. The number of rotatable bonds is 3. The van der Waals surface area contributed by atoms with E-state index < -0.39 is 11.5 Å². The van der Waals surface area contributed by atoms with Crippen LogP contribution in [0.3, 0.4) is 0 Å². The molecule has 1 aromatic rings. The minimum Gasteiger partial charge on any atom is -0.497 e. The molecule has 1 aromatic carbocycles. The van der Waals surface area contributed by atoms with Crippen molar-refractivity contribution in [1.82, 2.24) is 0 Å². The molecule has 0 heterocycles. The number of methoxy groups -OCH3 is 1. The molecule has 1 fully saturated rings. The first-order valence-corrected chi connectivity index (χ1v) is 8.12. The Labute approximate surface area is 132 Å². The molecule has 0 aliphatic heterocycles. The number of benzene rings is 1. The normalized spacial score (nSPS) is 29.7. The lowest BCUT2D eigenvalue weighted by molar-refractivity contribution is -0.127. The molecule has 3 nitrogen and oxygen atoms in total.